The molecule has 0 amide bonds. The van der Waals surface area contributed by atoms with E-state index < -0.39 is 5.60 Å². The van der Waals surface area contributed by atoms with Crippen LogP contribution < -0.4 is 0 Å². The molecule has 6 unspecified atom stereocenters. The molecule has 3 saturated carbocycles. The van der Waals surface area contributed by atoms with E-state index in [0.717, 1.165) is 56.0 Å². The molecule has 32 heavy (non-hydrogen) atoms. The van der Waals surface area contributed by atoms with Gasteiger partial charge in [-0.15, -0.1) is 0 Å². The number of aryl methyl sites for hydroxylation is 1. The smallest absolute Gasteiger partial charge is 0.192 e. The first-order valence-corrected chi connectivity index (χ1v) is 12.5. The third-order valence-electron chi connectivity index (χ3n) is 10.2. The van der Waals surface area contributed by atoms with Gasteiger partial charge in [-0.25, -0.2) is 4.98 Å². The van der Waals surface area contributed by atoms with Crippen molar-refractivity contribution in [2.75, 3.05) is 0 Å². The van der Waals surface area contributed by atoms with Gasteiger partial charge in [0.1, 0.15) is 5.52 Å². The van der Waals surface area contributed by atoms with E-state index in [2.05, 4.69) is 42.3 Å². The van der Waals surface area contributed by atoms with Crippen LogP contribution in [0.3, 0.4) is 0 Å². The second-order valence-electron chi connectivity index (χ2n) is 11.7. The largest absolute Gasteiger partial charge is 0.441 e. The molecule has 2 N–H and O–H groups in total. The molecule has 7 atom stereocenters. The Hall–Kier alpha value is -1.91. The van der Waals surface area contributed by atoms with Crippen LogP contribution >= 0.6 is 0 Å². The molecule has 1 aromatic carbocycles. The molecule has 4 nitrogen and oxygen atoms in total. The van der Waals surface area contributed by atoms with Crippen LogP contribution in [0, 0.1) is 35.5 Å². The van der Waals surface area contributed by atoms with Crippen molar-refractivity contribution >= 4 is 16.7 Å². The van der Waals surface area contributed by atoms with Crippen molar-refractivity contribution in [1.82, 2.24) is 4.98 Å². The Morgan fingerprint density at radius 1 is 1.12 bits per heavy atom. The summed E-state index contributed by atoms with van der Waals surface area (Å²) in [5.41, 5.74) is 5.11. The second kappa shape index (κ2) is 6.15. The van der Waals surface area contributed by atoms with E-state index in [4.69, 9.17) is 4.42 Å². The van der Waals surface area contributed by atoms with Gasteiger partial charge in [0.05, 0.1) is 11.7 Å². The number of nitrogens with zero attached hydrogens (tertiary/aromatic N) is 1. The summed E-state index contributed by atoms with van der Waals surface area (Å²) in [6.07, 6.45) is 12.7. The maximum atomic E-state index is 12.4. The topological polar surface area (TPSA) is 66.5 Å². The fraction of sp³-hybridized carbons (Fsp3) is 0.607. The zero-order chi connectivity index (χ0) is 21.9. The van der Waals surface area contributed by atoms with Gasteiger partial charge in [0.15, 0.2) is 11.5 Å². The van der Waals surface area contributed by atoms with Crippen molar-refractivity contribution < 1.29 is 14.6 Å². The Morgan fingerprint density at radius 2 is 2.00 bits per heavy atom. The number of rotatable bonds is 1. The SMILES string of the molecule is Cc1nc2ccc(C3=CCC4C3(C)CC=C3C5CC56CC(O)CCC6CC[C@@]34O)cc2o1. The minimum atomic E-state index is -0.714. The van der Waals surface area contributed by atoms with Crippen LogP contribution in [0.25, 0.3) is 16.7 Å². The van der Waals surface area contributed by atoms with Gasteiger partial charge >= 0.3 is 0 Å². The zero-order valence-electron chi connectivity index (χ0n) is 19.1. The molecule has 5 aliphatic rings. The van der Waals surface area contributed by atoms with Crippen LogP contribution in [0.15, 0.2) is 40.3 Å². The molecule has 0 aliphatic heterocycles. The first-order valence-electron chi connectivity index (χ1n) is 12.5. The van der Waals surface area contributed by atoms with E-state index in [0.29, 0.717) is 17.7 Å². The lowest BCUT2D eigenvalue weighted by Gasteiger charge is -2.49. The minimum absolute atomic E-state index is 0.0714. The highest BCUT2D eigenvalue weighted by atomic mass is 16.3. The van der Waals surface area contributed by atoms with Gasteiger partial charge in [-0.2, -0.15) is 0 Å². The van der Waals surface area contributed by atoms with Crippen molar-refractivity contribution in [2.24, 2.45) is 28.6 Å². The predicted octanol–water partition coefficient (Wildman–Crippen LogP) is 5.57. The van der Waals surface area contributed by atoms with Crippen LogP contribution in [0.1, 0.15) is 69.7 Å². The zero-order valence-corrected chi connectivity index (χ0v) is 19.1. The number of aliphatic hydroxyl groups is 2. The molecule has 168 valence electrons. The molecular weight excluding hydrogens is 398 g/mol. The quantitative estimate of drug-likeness (QED) is 0.580. The van der Waals surface area contributed by atoms with Gasteiger partial charge in [0, 0.05) is 18.3 Å². The Balaban J connectivity index is 1.27. The van der Waals surface area contributed by atoms with Gasteiger partial charge < -0.3 is 14.6 Å². The van der Waals surface area contributed by atoms with Gasteiger partial charge in [-0.3, -0.25) is 0 Å². The molecule has 1 spiro atoms. The Labute approximate surface area is 189 Å². The number of aromatic nitrogens is 1. The van der Waals surface area contributed by atoms with Crippen molar-refractivity contribution in [3.63, 3.8) is 0 Å². The van der Waals surface area contributed by atoms with Gasteiger partial charge in [-0.1, -0.05) is 25.1 Å². The highest BCUT2D eigenvalue weighted by molar-refractivity contribution is 5.82. The summed E-state index contributed by atoms with van der Waals surface area (Å²) in [6.45, 7) is 4.25. The third-order valence-corrected chi connectivity index (χ3v) is 10.2. The molecule has 0 radical (unpaired) electrons. The van der Waals surface area contributed by atoms with Crippen LogP contribution in [0.5, 0.6) is 0 Å². The molecule has 0 bridgehead atoms. The molecule has 1 heterocycles. The average molecular weight is 432 g/mol. The van der Waals surface area contributed by atoms with Gasteiger partial charge in [0.25, 0.3) is 0 Å². The monoisotopic (exact) mass is 431 g/mol. The van der Waals surface area contributed by atoms with Gasteiger partial charge in [0.2, 0.25) is 0 Å². The van der Waals surface area contributed by atoms with E-state index >= 15 is 0 Å². The second-order valence-corrected chi connectivity index (χ2v) is 11.7. The average Bonchev–Trinajstić information content (AvgIpc) is 3.13. The normalized spacial score (nSPS) is 44.6. The number of aliphatic hydroxyl groups excluding tert-OH is 1. The lowest BCUT2D eigenvalue weighted by Crippen LogP contribution is -2.49. The number of oxazole rings is 1. The number of allylic oxidation sites excluding steroid dienone is 3. The van der Waals surface area contributed by atoms with Crippen LogP contribution in [0.4, 0.5) is 0 Å². The van der Waals surface area contributed by atoms with E-state index in [9.17, 15) is 10.2 Å². The fourth-order valence-corrected chi connectivity index (χ4v) is 8.64. The highest BCUT2D eigenvalue weighted by Gasteiger charge is 2.68. The Bertz CT molecular complexity index is 1190. The van der Waals surface area contributed by atoms with Crippen molar-refractivity contribution in [2.45, 2.75) is 76.9 Å². The summed E-state index contributed by atoms with van der Waals surface area (Å²) >= 11 is 0. The summed E-state index contributed by atoms with van der Waals surface area (Å²) in [7, 11) is 0. The van der Waals surface area contributed by atoms with E-state index in [1.165, 1.54) is 23.1 Å². The molecule has 2 aromatic rings. The Morgan fingerprint density at radius 3 is 2.88 bits per heavy atom. The van der Waals surface area contributed by atoms with Crippen LogP contribution in [-0.2, 0) is 0 Å². The fourth-order valence-electron chi connectivity index (χ4n) is 8.64. The van der Waals surface area contributed by atoms with Gasteiger partial charge in [-0.05, 0) is 97.5 Å². The molecule has 0 saturated heterocycles. The lowest BCUT2D eigenvalue weighted by molar-refractivity contribution is -0.0389. The van der Waals surface area contributed by atoms with Crippen LogP contribution in [0.2, 0.25) is 0 Å². The summed E-state index contributed by atoms with van der Waals surface area (Å²) in [5, 5.41) is 22.8. The molecule has 1 aromatic heterocycles. The maximum absolute atomic E-state index is 12.4. The summed E-state index contributed by atoms with van der Waals surface area (Å²) in [5.74, 6) is 2.07. The van der Waals surface area contributed by atoms with E-state index in [1.807, 2.05) is 6.92 Å². The lowest BCUT2D eigenvalue weighted by atomic mass is 9.58. The molecule has 4 heteroatoms. The number of benzene rings is 1. The standard InChI is InChI=1S/C28H33NO3/c1-16-29-23-7-3-17(13-24(23)32-16)20-6-8-25-26(20,2)11-10-21-22-15-27(22)14-19(30)5-4-18(27)9-12-28(21,25)31/h3,6-7,10,13,18-19,22,25,30-31H,4-5,8-9,11-12,14-15H2,1-2H3/t18?,19?,22?,25?,26?,27?,28-/m1/s1. The third kappa shape index (κ3) is 2.38. The molecule has 3 fully saturated rings. The minimum Gasteiger partial charge on any atom is -0.441 e. The first-order chi connectivity index (χ1) is 15.3. The molecule has 7 rings (SSSR count). The van der Waals surface area contributed by atoms with Crippen molar-refractivity contribution in [1.29, 1.82) is 0 Å². The van der Waals surface area contributed by atoms with Crippen molar-refractivity contribution in [3.8, 4) is 0 Å². The summed E-state index contributed by atoms with van der Waals surface area (Å²) < 4.78 is 5.82. The first kappa shape index (κ1) is 19.5. The number of hydrogen-bond acceptors (Lipinski definition) is 4. The number of fused-ring (bicyclic) bond motifs is 5. The summed E-state index contributed by atoms with van der Waals surface area (Å²) in [6, 6.07) is 6.37. The van der Waals surface area contributed by atoms with Crippen LogP contribution in [-0.4, -0.2) is 26.9 Å². The van der Waals surface area contributed by atoms with E-state index in [1.54, 1.807) is 0 Å². The van der Waals surface area contributed by atoms with Crippen molar-refractivity contribution in [3.05, 3.63) is 47.4 Å². The molecular formula is C28H33NO3. The molecule has 5 aliphatic carbocycles. The Kier molecular flexibility index (Phi) is 3.76. The highest BCUT2D eigenvalue weighted by Crippen LogP contribution is 2.74. The maximum Gasteiger partial charge on any atom is 0.192 e. The summed E-state index contributed by atoms with van der Waals surface area (Å²) in [4.78, 5) is 4.45. The number of hydrogen-bond donors (Lipinski definition) is 2. The van der Waals surface area contributed by atoms with E-state index in [-0.39, 0.29) is 22.9 Å². The predicted molar refractivity (Wildman–Crippen MR) is 124 cm³/mol.